The van der Waals surface area contributed by atoms with Gasteiger partial charge in [-0.1, -0.05) is 6.07 Å². The second kappa shape index (κ2) is 6.44. The first kappa shape index (κ1) is 15.9. The molecule has 0 spiro atoms. The third-order valence-corrected chi connectivity index (χ3v) is 4.87. The molecule has 0 atom stereocenters. The minimum absolute atomic E-state index is 0.0167. The van der Waals surface area contributed by atoms with E-state index in [1.807, 2.05) is 45.8 Å². The number of rotatable bonds is 2. The zero-order valence-electron chi connectivity index (χ0n) is 14.6. The van der Waals surface area contributed by atoms with Crippen LogP contribution >= 0.6 is 0 Å². The van der Waals surface area contributed by atoms with Crippen molar-refractivity contribution in [1.29, 1.82) is 0 Å². The minimum Gasteiger partial charge on any atom is -0.378 e. The van der Waals surface area contributed by atoms with E-state index in [9.17, 15) is 4.79 Å². The van der Waals surface area contributed by atoms with Gasteiger partial charge in [0.25, 0.3) is 5.91 Å². The van der Waals surface area contributed by atoms with Crippen LogP contribution in [0.1, 0.15) is 10.4 Å². The van der Waals surface area contributed by atoms with Crippen molar-refractivity contribution in [2.24, 2.45) is 0 Å². The number of aromatic nitrogens is 4. The number of morpholine rings is 1. The summed E-state index contributed by atoms with van der Waals surface area (Å²) < 4.78 is 7.35. The van der Waals surface area contributed by atoms with Crippen molar-refractivity contribution >= 4 is 22.5 Å². The highest BCUT2D eigenvalue weighted by Gasteiger charge is 2.27. The lowest BCUT2D eigenvalue weighted by Crippen LogP contribution is -2.40. The Balaban J connectivity index is 1.82. The van der Waals surface area contributed by atoms with Crippen LogP contribution in [0.3, 0.4) is 0 Å². The predicted molar refractivity (Wildman–Crippen MR) is 100 cm³/mol. The molecule has 0 N–H and O–H groups in total. The van der Waals surface area contributed by atoms with Crippen molar-refractivity contribution in [3.05, 3.63) is 60.8 Å². The number of carbonyl (C=O) groups is 1. The van der Waals surface area contributed by atoms with E-state index in [-0.39, 0.29) is 5.91 Å². The van der Waals surface area contributed by atoms with Crippen molar-refractivity contribution in [1.82, 2.24) is 24.3 Å². The fraction of sp³-hybridized carbons (Fsp3) is 0.200. The van der Waals surface area contributed by atoms with Crippen molar-refractivity contribution in [2.45, 2.75) is 0 Å². The Hall–Kier alpha value is -3.32. The molecule has 0 aromatic carbocycles. The molecule has 0 aliphatic carbocycles. The fourth-order valence-corrected chi connectivity index (χ4v) is 3.61. The standard InChI is InChI=1S/C20H17N5O2/c26-20(24-8-10-27-11-9-24)16-15-5-1-2-7-25(15)19-17(16)18(22-13-23-19)14-4-3-6-21-12-14/h1-7,12-13H,8-11H2. The van der Waals surface area contributed by atoms with E-state index in [2.05, 4.69) is 15.0 Å². The average Bonchev–Trinajstić information content (AvgIpc) is 3.09. The normalized spacial score (nSPS) is 14.7. The van der Waals surface area contributed by atoms with Gasteiger partial charge in [0.15, 0.2) is 0 Å². The summed E-state index contributed by atoms with van der Waals surface area (Å²) in [6.07, 6.45) is 6.94. The molecule has 5 heterocycles. The molecule has 27 heavy (non-hydrogen) atoms. The van der Waals surface area contributed by atoms with Gasteiger partial charge in [0.1, 0.15) is 12.0 Å². The smallest absolute Gasteiger partial charge is 0.256 e. The summed E-state index contributed by atoms with van der Waals surface area (Å²) >= 11 is 0. The first-order chi connectivity index (χ1) is 13.3. The van der Waals surface area contributed by atoms with Crippen molar-refractivity contribution < 1.29 is 9.53 Å². The molecule has 4 aromatic heterocycles. The third-order valence-electron chi connectivity index (χ3n) is 4.87. The SMILES string of the molecule is O=C(c1c2c(-c3cccnc3)ncnc2n2ccccc12)N1CCOCC1. The van der Waals surface area contributed by atoms with Crippen LogP contribution in [0.15, 0.2) is 55.2 Å². The molecular formula is C20H17N5O2. The van der Waals surface area contributed by atoms with Crippen molar-refractivity contribution in [3.63, 3.8) is 0 Å². The Kier molecular flexibility index (Phi) is 3.79. The van der Waals surface area contributed by atoms with Crippen molar-refractivity contribution in [3.8, 4) is 11.3 Å². The highest BCUT2D eigenvalue weighted by atomic mass is 16.5. The molecule has 134 valence electrons. The van der Waals surface area contributed by atoms with Gasteiger partial charge in [0.05, 0.1) is 35.4 Å². The largest absolute Gasteiger partial charge is 0.378 e. The molecule has 5 rings (SSSR count). The van der Waals surface area contributed by atoms with Gasteiger partial charge in [0, 0.05) is 37.2 Å². The fourth-order valence-electron chi connectivity index (χ4n) is 3.61. The van der Waals surface area contributed by atoms with Gasteiger partial charge in [-0.2, -0.15) is 0 Å². The number of fused-ring (bicyclic) bond motifs is 3. The molecular weight excluding hydrogens is 342 g/mol. The zero-order valence-corrected chi connectivity index (χ0v) is 14.6. The van der Waals surface area contributed by atoms with E-state index in [0.717, 1.165) is 22.1 Å². The lowest BCUT2D eigenvalue weighted by atomic mass is 10.1. The van der Waals surface area contributed by atoms with Gasteiger partial charge >= 0.3 is 0 Å². The molecule has 1 aliphatic rings. The first-order valence-corrected chi connectivity index (χ1v) is 8.86. The van der Waals surface area contributed by atoms with Gasteiger partial charge in [-0.25, -0.2) is 9.97 Å². The molecule has 1 amide bonds. The number of ether oxygens (including phenoxy) is 1. The molecule has 0 radical (unpaired) electrons. The molecule has 1 saturated heterocycles. The van der Waals surface area contributed by atoms with E-state index < -0.39 is 0 Å². The summed E-state index contributed by atoms with van der Waals surface area (Å²) in [4.78, 5) is 28.5. The average molecular weight is 359 g/mol. The van der Waals surface area contributed by atoms with Crippen LogP contribution in [-0.2, 0) is 4.74 Å². The molecule has 4 aromatic rings. The molecule has 0 unspecified atom stereocenters. The number of hydrogen-bond donors (Lipinski definition) is 0. The Labute approximate surface area is 155 Å². The van der Waals surface area contributed by atoms with Crippen LogP contribution in [0.4, 0.5) is 0 Å². The number of hydrogen-bond acceptors (Lipinski definition) is 5. The lowest BCUT2D eigenvalue weighted by molar-refractivity contribution is 0.0305. The van der Waals surface area contributed by atoms with Gasteiger partial charge in [-0.05, 0) is 24.3 Å². The molecule has 7 heteroatoms. The molecule has 7 nitrogen and oxygen atoms in total. The van der Waals surface area contributed by atoms with E-state index in [0.29, 0.717) is 37.6 Å². The summed E-state index contributed by atoms with van der Waals surface area (Å²) in [5.74, 6) is -0.0167. The van der Waals surface area contributed by atoms with Crippen LogP contribution in [0.2, 0.25) is 0 Å². The topological polar surface area (TPSA) is 72.6 Å². The second-order valence-corrected chi connectivity index (χ2v) is 6.40. The summed E-state index contributed by atoms with van der Waals surface area (Å²) in [7, 11) is 0. The van der Waals surface area contributed by atoms with Gasteiger partial charge in [0.2, 0.25) is 0 Å². The lowest BCUT2D eigenvalue weighted by Gasteiger charge is -2.26. The minimum atomic E-state index is -0.0167. The summed E-state index contributed by atoms with van der Waals surface area (Å²) in [6, 6.07) is 9.62. The molecule has 1 aliphatic heterocycles. The van der Waals surface area contributed by atoms with Crippen LogP contribution in [0.25, 0.3) is 27.8 Å². The first-order valence-electron chi connectivity index (χ1n) is 8.86. The van der Waals surface area contributed by atoms with E-state index in [4.69, 9.17) is 4.74 Å². The van der Waals surface area contributed by atoms with Crippen LogP contribution in [0.5, 0.6) is 0 Å². The van der Waals surface area contributed by atoms with Gasteiger partial charge in [-0.15, -0.1) is 0 Å². The maximum absolute atomic E-state index is 13.5. The molecule has 0 saturated carbocycles. The molecule has 1 fully saturated rings. The Bertz CT molecular complexity index is 1130. The van der Waals surface area contributed by atoms with Crippen LogP contribution in [0, 0.1) is 0 Å². The van der Waals surface area contributed by atoms with Crippen molar-refractivity contribution in [2.75, 3.05) is 26.3 Å². The summed E-state index contributed by atoms with van der Waals surface area (Å²) in [6.45, 7) is 2.28. The highest BCUT2D eigenvalue weighted by molar-refractivity contribution is 6.16. The third kappa shape index (κ3) is 2.55. The highest BCUT2D eigenvalue weighted by Crippen LogP contribution is 2.33. The predicted octanol–water partition coefficient (Wildman–Crippen LogP) is 2.42. The zero-order chi connectivity index (χ0) is 18.2. The molecule has 0 bridgehead atoms. The quantitative estimate of drug-likeness (QED) is 0.550. The van der Waals surface area contributed by atoms with Crippen LogP contribution in [-0.4, -0.2) is 56.5 Å². The van der Waals surface area contributed by atoms with E-state index in [1.54, 1.807) is 12.4 Å². The van der Waals surface area contributed by atoms with E-state index >= 15 is 0 Å². The monoisotopic (exact) mass is 359 g/mol. The second-order valence-electron chi connectivity index (χ2n) is 6.40. The number of carbonyl (C=O) groups excluding carboxylic acids is 1. The number of pyridine rings is 2. The summed E-state index contributed by atoms with van der Waals surface area (Å²) in [5.41, 5.74) is 3.75. The van der Waals surface area contributed by atoms with Crippen LogP contribution < -0.4 is 0 Å². The Morgan fingerprint density at radius 1 is 1.07 bits per heavy atom. The van der Waals surface area contributed by atoms with E-state index in [1.165, 1.54) is 6.33 Å². The Morgan fingerprint density at radius 3 is 2.78 bits per heavy atom. The summed E-state index contributed by atoms with van der Waals surface area (Å²) in [5, 5.41) is 0.758. The number of amides is 1. The maximum atomic E-state index is 13.5. The number of nitrogens with zero attached hydrogens (tertiary/aromatic N) is 5. The van der Waals surface area contributed by atoms with Gasteiger partial charge in [-0.3, -0.25) is 9.78 Å². The maximum Gasteiger partial charge on any atom is 0.256 e. The Morgan fingerprint density at radius 2 is 1.96 bits per heavy atom. The van der Waals surface area contributed by atoms with Gasteiger partial charge < -0.3 is 14.0 Å².